The molecule has 0 aromatic carbocycles. The SMILES string of the molecule is CC/C=C/C/C=C/C/C=C/C/C=C/CCCC(CC(=O)NC(CO)C(O)CCCCCCCCCCC)OC(=O)CCCCCCCCCCCCCCCCCCCCC. The fraction of sp³-hybridized carbons (Fsp3) is 0.818. The molecule has 0 saturated heterocycles. The molecule has 3 atom stereocenters. The van der Waals surface area contributed by atoms with Gasteiger partial charge in [0.15, 0.2) is 0 Å². The maximum Gasteiger partial charge on any atom is 0.306 e. The van der Waals surface area contributed by atoms with Crippen molar-refractivity contribution in [1.29, 1.82) is 0 Å². The van der Waals surface area contributed by atoms with Crippen molar-refractivity contribution >= 4 is 11.9 Å². The van der Waals surface area contributed by atoms with E-state index in [0.29, 0.717) is 19.3 Å². The van der Waals surface area contributed by atoms with Gasteiger partial charge in [0, 0.05) is 6.42 Å². The summed E-state index contributed by atoms with van der Waals surface area (Å²) in [6.45, 7) is 6.35. The standard InChI is InChI=1S/C55H101NO5/c1-4-7-10-13-16-19-21-23-25-26-27-28-29-31-33-36-39-42-45-48-55(60)61-51(46-43-40-37-35-32-30-24-22-20-17-14-11-8-5-2)49-54(59)56-52(50-57)53(58)47-44-41-38-34-18-15-12-9-6-3/h8,11,17,20,24,30,35,37,51-53,57-58H,4-7,9-10,12-16,18-19,21-23,25-29,31-34,36,38-50H2,1-3H3,(H,56,59)/b11-8+,20-17+,30-24+,37-35+. The van der Waals surface area contributed by atoms with Crippen molar-refractivity contribution in [2.24, 2.45) is 0 Å². The summed E-state index contributed by atoms with van der Waals surface area (Å²) in [5, 5.41) is 23.7. The smallest absolute Gasteiger partial charge is 0.306 e. The van der Waals surface area contributed by atoms with E-state index >= 15 is 0 Å². The van der Waals surface area contributed by atoms with Crippen LogP contribution in [0.5, 0.6) is 0 Å². The van der Waals surface area contributed by atoms with Crippen LogP contribution >= 0.6 is 0 Å². The monoisotopic (exact) mass is 856 g/mol. The van der Waals surface area contributed by atoms with Crippen LogP contribution in [0.15, 0.2) is 48.6 Å². The zero-order chi connectivity index (χ0) is 44.5. The van der Waals surface area contributed by atoms with E-state index in [2.05, 4.69) is 74.7 Å². The Morgan fingerprint density at radius 1 is 0.492 bits per heavy atom. The summed E-state index contributed by atoms with van der Waals surface area (Å²) < 4.78 is 5.91. The third-order valence-corrected chi connectivity index (χ3v) is 11.9. The van der Waals surface area contributed by atoms with Gasteiger partial charge in [-0.3, -0.25) is 9.59 Å². The number of hydrogen-bond acceptors (Lipinski definition) is 5. The predicted octanol–water partition coefficient (Wildman–Crippen LogP) is 15.8. The van der Waals surface area contributed by atoms with Crippen LogP contribution in [0.3, 0.4) is 0 Å². The summed E-state index contributed by atoms with van der Waals surface area (Å²) in [5.74, 6) is -0.521. The molecule has 0 aliphatic heterocycles. The molecular formula is C55H101NO5. The predicted molar refractivity (Wildman–Crippen MR) is 264 cm³/mol. The van der Waals surface area contributed by atoms with E-state index in [1.54, 1.807) is 0 Å². The summed E-state index contributed by atoms with van der Waals surface area (Å²) in [4.78, 5) is 26.1. The molecule has 0 aromatic heterocycles. The minimum absolute atomic E-state index is 0.0421. The van der Waals surface area contributed by atoms with Crippen LogP contribution in [0.1, 0.15) is 265 Å². The number of aliphatic hydroxyl groups is 2. The number of nitrogens with one attached hydrogen (secondary N) is 1. The van der Waals surface area contributed by atoms with E-state index < -0.39 is 18.2 Å². The first-order valence-corrected chi connectivity index (χ1v) is 26.4. The van der Waals surface area contributed by atoms with Gasteiger partial charge in [-0.1, -0.05) is 243 Å². The van der Waals surface area contributed by atoms with Crippen molar-refractivity contribution in [2.75, 3.05) is 6.61 Å². The van der Waals surface area contributed by atoms with Gasteiger partial charge in [0.25, 0.3) is 0 Å². The van der Waals surface area contributed by atoms with Crippen molar-refractivity contribution in [3.8, 4) is 0 Å². The fourth-order valence-corrected chi connectivity index (χ4v) is 7.96. The molecule has 0 heterocycles. The molecule has 0 aliphatic carbocycles. The van der Waals surface area contributed by atoms with Gasteiger partial charge in [0.1, 0.15) is 6.10 Å². The van der Waals surface area contributed by atoms with Gasteiger partial charge >= 0.3 is 5.97 Å². The molecule has 0 aromatic rings. The zero-order valence-electron chi connectivity index (χ0n) is 40.5. The van der Waals surface area contributed by atoms with Crippen LogP contribution in [-0.2, 0) is 14.3 Å². The second-order valence-electron chi connectivity index (χ2n) is 17.9. The highest BCUT2D eigenvalue weighted by Gasteiger charge is 2.24. The molecule has 0 saturated carbocycles. The minimum atomic E-state index is -0.799. The highest BCUT2D eigenvalue weighted by Crippen LogP contribution is 2.18. The molecule has 0 rings (SSSR count). The molecule has 61 heavy (non-hydrogen) atoms. The number of carbonyl (C=O) groups excluding carboxylic acids is 2. The molecule has 1 amide bonds. The van der Waals surface area contributed by atoms with Crippen LogP contribution in [0.25, 0.3) is 0 Å². The summed E-state index contributed by atoms with van der Waals surface area (Å²) in [6.07, 6.45) is 59.0. The lowest BCUT2D eigenvalue weighted by Crippen LogP contribution is -2.46. The molecule has 0 spiro atoms. The maximum atomic E-state index is 13.2. The number of rotatable bonds is 47. The Hall–Kier alpha value is -2.18. The molecule has 3 unspecified atom stereocenters. The number of aliphatic hydroxyl groups excluding tert-OH is 2. The van der Waals surface area contributed by atoms with Gasteiger partial charge in [0.2, 0.25) is 5.91 Å². The number of esters is 1. The summed E-state index contributed by atoms with van der Waals surface area (Å²) in [6, 6.07) is -0.716. The Kier molecular flexibility index (Phi) is 47.1. The second-order valence-corrected chi connectivity index (χ2v) is 17.9. The first-order chi connectivity index (χ1) is 30.0. The first-order valence-electron chi connectivity index (χ1n) is 26.4. The highest BCUT2D eigenvalue weighted by atomic mass is 16.5. The molecule has 0 bridgehead atoms. The van der Waals surface area contributed by atoms with Gasteiger partial charge in [-0.25, -0.2) is 0 Å². The largest absolute Gasteiger partial charge is 0.462 e. The Morgan fingerprint density at radius 3 is 1.31 bits per heavy atom. The number of carbonyl (C=O) groups is 2. The van der Waals surface area contributed by atoms with Crippen LogP contribution in [0.4, 0.5) is 0 Å². The third-order valence-electron chi connectivity index (χ3n) is 11.9. The average molecular weight is 856 g/mol. The minimum Gasteiger partial charge on any atom is -0.462 e. The van der Waals surface area contributed by atoms with Gasteiger partial charge in [0.05, 0.1) is 25.2 Å². The van der Waals surface area contributed by atoms with Crippen molar-refractivity contribution < 1.29 is 24.5 Å². The van der Waals surface area contributed by atoms with E-state index in [4.69, 9.17) is 4.74 Å². The van der Waals surface area contributed by atoms with Crippen molar-refractivity contribution in [1.82, 2.24) is 5.32 Å². The van der Waals surface area contributed by atoms with Crippen LogP contribution in [0.2, 0.25) is 0 Å². The molecule has 6 heteroatoms. The molecule has 6 nitrogen and oxygen atoms in total. The fourth-order valence-electron chi connectivity index (χ4n) is 7.96. The summed E-state index contributed by atoms with van der Waals surface area (Å²) >= 11 is 0. The Labute approximate surface area is 378 Å². The number of hydrogen-bond donors (Lipinski definition) is 3. The van der Waals surface area contributed by atoms with Gasteiger partial charge in [-0.2, -0.15) is 0 Å². The molecular weight excluding hydrogens is 755 g/mol. The third kappa shape index (κ3) is 44.2. The highest BCUT2D eigenvalue weighted by molar-refractivity contribution is 5.77. The first kappa shape index (κ1) is 58.8. The average Bonchev–Trinajstić information content (AvgIpc) is 3.25. The van der Waals surface area contributed by atoms with Crippen LogP contribution in [0, 0.1) is 0 Å². The van der Waals surface area contributed by atoms with Crippen molar-refractivity contribution in [3.05, 3.63) is 48.6 Å². The van der Waals surface area contributed by atoms with Gasteiger partial charge in [-0.05, 0) is 57.8 Å². The molecule has 0 aliphatic rings. The van der Waals surface area contributed by atoms with Crippen molar-refractivity contribution in [3.63, 3.8) is 0 Å². The Bertz CT molecular complexity index is 1050. The number of unbranched alkanes of at least 4 members (excludes halogenated alkanes) is 27. The Morgan fingerprint density at radius 2 is 0.885 bits per heavy atom. The van der Waals surface area contributed by atoms with Crippen molar-refractivity contribution in [2.45, 2.75) is 283 Å². The van der Waals surface area contributed by atoms with Gasteiger partial charge in [-0.15, -0.1) is 0 Å². The molecule has 0 fully saturated rings. The van der Waals surface area contributed by atoms with E-state index in [9.17, 15) is 19.8 Å². The quantitative estimate of drug-likeness (QED) is 0.0322. The van der Waals surface area contributed by atoms with E-state index in [1.165, 1.54) is 141 Å². The summed E-state index contributed by atoms with van der Waals surface area (Å²) in [7, 11) is 0. The normalized spacial score (nSPS) is 13.6. The molecule has 0 radical (unpaired) electrons. The van der Waals surface area contributed by atoms with Crippen LogP contribution < -0.4 is 5.32 Å². The van der Waals surface area contributed by atoms with E-state index in [0.717, 1.165) is 77.0 Å². The number of amides is 1. The molecule has 356 valence electrons. The lowest BCUT2D eigenvalue weighted by Gasteiger charge is -2.24. The molecule has 3 N–H and O–H groups in total. The lowest BCUT2D eigenvalue weighted by molar-refractivity contribution is -0.151. The zero-order valence-corrected chi connectivity index (χ0v) is 40.5. The van der Waals surface area contributed by atoms with Crippen LogP contribution in [-0.4, -0.2) is 46.9 Å². The topological polar surface area (TPSA) is 95.9 Å². The number of ether oxygens (including phenoxy) is 1. The van der Waals surface area contributed by atoms with E-state index in [-0.39, 0.29) is 24.9 Å². The van der Waals surface area contributed by atoms with E-state index in [1.807, 2.05) is 0 Å². The number of allylic oxidation sites excluding steroid dienone is 8. The lowest BCUT2D eigenvalue weighted by atomic mass is 10.0. The Balaban J connectivity index is 4.55. The van der Waals surface area contributed by atoms with Gasteiger partial charge < -0.3 is 20.3 Å². The maximum absolute atomic E-state index is 13.2. The second kappa shape index (κ2) is 48.8. The summed E-state index contributed by atoms with van der Waals surface area (Å²) in [5.41, 5.74) is 0.